The van der Waals surface area contributed by atoms with Gasteiger partial charge in [-0.15, -0.1) is 16.4 Å². The van der Waals surface area contributed by atoms with Crippen LogP contribution >= 0.6 is 11.3 Å². The van der Waals surface area contributed by atoms with Gasteiger partial charge in [0, 0.05) is 10.4 Å². The Labute approximate surface area is 165 Å². The highest BCUT2D eigenvalue weighted by Gasteiger charge is 2.22. The van der Waals surface area contributed by atoms with Gasteiger partial charge in [-0.2, -0.15) is 4.52 Å². The molecule has 4 rings (SSSR count). The molecule has 0 aliphatic rings. The van der Waals surface area contributed by atoms with Crippen LogP contribution in [0.25, 0.3) is 27.3 Å². The van der Waals surface area contributed by atoms with Gasteiger partial charge < -0.3 is 4.74 Å². The Kier molecular flexibility index (Phi) is 4.72. The Balaban J connectivity index is 2.05. The third kappa shape index (κ3) is 2.90. The molecule has 0 saturated heterocycles. The van der Waals surface area contributed by atoms with Crippen LogP contribution in [0.2, 0.25) is 0 Å². The van der Waals surface area contributed by atoms with Crippen LogP contribution in [0.5, 0.6) is 0 Å². The molecule has 0 radical (unpaired) electrons. The van der Waals surface area contributed by atoms with E-state index in [-0.39, 0.29) is 13.2 Å². The number of thiophene rings is 1. The third-order valence-electron chi connectivity index (χ3n) is 4.66. The Morgan fingerprint density at radius 1 is 1.21 bits per heavy atom. The molecule has 0 amide bonds. The molecule has 0 atom stereocenters. The monoisotopic (exact) mass is 396 g/mol. The summed E-state index contributed by atoms with van der Waals surface area (Å²) in [6.45, 7) is 5.95. The Bertz CT molecular complexity index is 1240. The van der Waals surface area contributed by atoms with Crippen LogP contribution in [0.15, 0.2) is 35.1 Å². The lowest BCUT2D eigenvalue weighted by Crippen LogP contribution is -2.30. The van der Waals surface area contributed by atoms with E-state index in [1.54, 1.807) is 6.92 Å². The number of aromatic nitrogens is 4. The van der Waals surface area contributed by atoms with Gasteiger partial charge in [0.2, 0.25) is 0 Å². The van der Waals surface area contributed by atoms with Crippen molar-refractivity contribution in [3.05, 3.63) is 51.3 Å². The molecule has 0 N–H and O–H groups in total. The molecule has 1 aromatic carbocycles. The van der Waals surface area contributed by atoms with Gasteiger partial charge >= 0.3 is 11.7 Å². The van der Waals surface area contributed by atoms with E-state index in [4.69, 9.17) is 4.74 Å². The number of nitrogens with zero attached hydrogens (tertiary/aromatic N) is 4. The van der Waals surface area contributed by atoms with Gasteiger partial charge in [0.05, 0.1) is 12.0 Å². The summed E-state index contributed by atoms with van der Waals surface area (Å²) in [6, 6.07) is 9.54. The van der Waals surface area contributed by atoms with Crippen molar-refractivity contribution in [2.45, 2.75) is 33.7 Å². The number of ether oxygens (including phenoxy) is 1. The number of aryl methyl sites for hydroxylation is 2. The van der Waals surface area contributed by atoms with Gasteiger partial charge in [-0.1, -0.05) is 37.3 Å². The lowest BCUT2D eigenvalue weighted by Gasteiger charge is -2.08. The Morgan fingerprint density at radius 2 is 1.96 bits per heavy atom. The van der Waals surface area contributed by atoms with E-state index in [9.17, 15) is 9.59 Å². The van der Waals surface area contributed by atoms with Gasteiger partial charge in [-0.3, -0.25) is 9.36 Å². The predicted molar refractivity (Wildman–Crippen MR) is 109 cm³/mol. The molecular formula is C20H20N4O3S. The molecule has 144 valence electrons. The molecule has 28 heavy (non-hydrogen) atoms. The van der Waals surface area contributed by atoms with Crippen molar-refractivity contribution >= 4 is 33.2 Å². The van der Waals surface area contributed by atoms with E-state index < -0.39 is 11.7 Å². The summed E-state index contributed by atoms with van der Waals surface area (Å²) in [5.41, 5.74) is 2.09. The van der Waals surface area contributed by atoms with E-state index >= 15 is 0 Å². The lowest BCUT2D eigenvalue weighted by molar-refractivity contribution is -0.143. The second-order valence-corrected chi connectivity index (χ2v) is 7.58. The summed E-state index contributed by atoms with van der Waals surface area (Å²) in [5.74, 6) is 0.0385. The van der Waals surface area contributed by atoms with E-state index in [0.29, 0.717) is 11.5 Å². The van der Waals surface area contributed by atoms with Crippen LogP contribution < -0.4 is 5.69 Å². The first-order chi connectivity index (χ1) is 13.5. The minimum Gasteiger partial charge on any atom is -0.465 e. The van der Waals surface area contributed by atoms with Gasteiger partial charge in [-0.05, 0) is 25.8 Å². The average Bonchev–Trinajstić information content (AvgIpc) is 3.27. The van der Waals surface area contributed by atoms with E-state index in [0.717, 1.165) is 32.6 Å². The van der Waals surface area contributed by atoms with Crippen LogP contribution in [0.4, 0.5) is 0 Å². The molecule has 4 aromatic rings. The van der Waals surface area contributed by atoms with Crippen LogP contribution in [0.3, 0.4) is 0 Å². The zero-order chi connectivity index (χ0) is 19.8. The van der Waals surface area contributed by atoms with Crippen molar-refractivity contribution in [2.24, 2.45) is 0 Å². The maximum atomic E-state index is 13.2. The van der Waals surface area contributed by atoms with Crippen LogP contribution in [0, 0.1) is 6.92 Å². The number of hydrogen-bond donors (Lipinski definition) is 0. The quantitative estimate of drug-likeness (QED) is 0.484. The highest BCUT2D eigenvalue weighted by atomic mass is 32.1. The lowest BCUT2D eigenvalue weighted by atomic mass is 10.1. The van der Waals surface area contributed by atoms with Crippen LogP contribution in [-0.2, 0) is 22.5 Å². The largest absolute Gasteiger partial charge is 0.465 e. The zero-order valence-electron chi connectivity index (χ0n) is 15.9. The normalized spacial score (nSPS) is 11.4. The van der Waals surface area contributed by atoms with E-state index in [1.165, 1.54) is 20.4 Å². The highest BCUT2D eigenvalue weighted by Crippen LogP contribution is 2.33. The van der Waals surface area contributed by atoms with Crippen molar-refractivity contribution in [2.75, 3.05) is 6.61 Å². The summed E-state index contributed by atoms with van der Waals surface area (Å²) < 4.78 is 7.81. The van der Waals surface area contributed by atoms with Crippen molar-refractivity contribution in [3.63, 3.8) is 0 Å². The first-order valence-electron chi connectivity index (χ1n) is 9.17. The van der Waals surface area contributed by atoms with Crippen molar-refractivity contribution in [3.8, 4) is 11.4 Å². The molecule has 0 bridgehead atoms. The molecule has 0 fully saturated rings. The number of rotatable bonds is 5. The predicted octanol–water partition coefficient (Wildman–Crippen LogP) is 3.21. The topological polar surface area (TPSA) is 78.5 Å². The number of benzene rings is 1. The molecule has 0 spiro atoms. The summed E-state index contributed by atoms with van der Waals surface area (Å²) in [4.78, 5) is 31.8. The number of esters is 1. The average molecular weight is 396 g/mol. The fraction of sp³-hybridized carbons (Fsp3) is 0.300. The van der Waals surface area contributed by atoms with Gasteiger partial charge in [-0.25, -0.2) is 9.78 Å². The summed E-state index contributed by atoms with van der Waals surface area (Å²) in [7, 11) is 0. The molecule has 3 aromatic heterocycles. The second-order valence-electron chi connectivity index (χ2n) is 6.38. The summed E-state index contributed by atoms with van der Waals surface area (Å²) >= 11 is 1.50. The molecule has 0 saturated carbocycles. The highest BCUT2D eigenvalue weighted by molar-refractivity contribution is 7.19. The second kappa shape index (κ2) is 7.20. The number of fused-ring (bicyclic) bond motifs is 3. The minimum atomic E-state index is -0.447. The fourth-order valence-corrected chi connectivity index (χ4v) is 4.63. The molecule has 7 nitrogen and oxygen atoms in total. The SMILES string of the molecule is CCOC(=O)Cn1c(=O)n2nc(-c3ccccc3)nc2c2c(CC)c(C)sc21. The molecule has 0 unspecified atom stereocenters. The minimum absolute atomic E-state index is 0.150. The van der Waals surface area contributed by atoms with Crippen LogP contribution in [0.1, 0.15) is 24.3 Å². The number of hydrogen-bond acceptors (Lipinski definition) is 6. The maximum absolute atomic E-state index is 13.2. The standard InChI is InChI=1S/C20H20N4O3S/c1-4-14-12(3)28-19-16(14)18-21-17(13-9-7-6-8-10-13)22-24(18)20(26)23(19)11-15(25)27-5-2/h6-10H,4-5,11H2,1-3H3. The molecule has 8 heteroatoms. The fourth-order valence-electron chi connectivity index (χ4n) is 3.40. The Hall–Kier alpha value is -3.00. The zero-order valence-corrected chi connectivity index (χ0v) is 16.7. The molecule has 3 heterocycles. The Morgan fingerprint density at radius 3 is 2.64 bits per heavy atom. The smallest absolute Gasteiger partial charge is 0.352 e. The van der Waals surface area contributed by atoms with E-state index in [1.807, 2.05) is 37.3 Å². The van der Waals surface area contributed by atoms with Gasteiger partial charge in [0.25, 0.3) is 0 Å². The molecule has 0 aliphatic heterocycles. The van der Waals surface area contributed by atoms with Crippen molar-refractivity contribution in [1.29, 1.82) is 0 Å². The third-order valence-corrected chi connectivity index (χ3v) is 5.83. The van der Waals surface area contributed by atoms with Gasteiger partial charge in [0.1, 0.15) is 11.4 Å². The number of carbonyl (C=O) groups is 1. The van der Waals surface area contributed by atoms with Crippen molar-refractivity contribution < 1.29 is 9.53 Å². The summed E-state index contributed by atoms with van der Waals surface area (Å²) in [5, 5.41) is 5.33. The first-order valence-corrected chi connectivity index (χ1v) is 9.99. The summed E-state index contributed by atoms with van der Waals surface area (Å²) in [6.07, 6.45) is 0.798. The molecular weight excluding hydrogens is 376 g/mol. The maximum Gasteiger partial charge on any atom is 0.352 e. The molecule has 0 aliphatic carbocycles. The van der Waals surface area contributed by atoms with E-state index in [2.05, 4.69) is 17.0 Å². The van der Waals surface area contributed by atoms with Crippen LogP contribution in [-0.4, -0.2) is 31.7 Å². The first kappa shape index (κ1) is 18.4. The number of carbonyl (C=O) groups excluding carboxylic acids is 1. The van der Waals surface area contributed by atoms with Gasteiger partial charge in [0.15, 0.2) is 11.5 Å². The van der Waals surface area contributed by atoms with Crippen molar-refractivity contribution in [1.82, 2.24) is 19.2 Å².